The summed E-state index contributed by atoms with van der Waals surface area (Å²) in [5, 5.41) is 0. The second kappa shape index (κ2) is 5.03. The lowest BCUT2D eigenvalue weighted by atomic mass is 10.4. The molecular weight excluding hydrogens is 95.5 g/mol. The summed E-state index contributed by atoms with van der Waals surface area (Å²) in [6.45, 7) is 3.58. The molecule has 35 valence electrons. The number of hydrogen-bond donors (Lipinski definition) is 0. The maximum absolute atomic E-state index is 5.27. The first-order valence-corrected chi connectivity index (χ1v) is 2.45. The van der Waals surface area contributed by atoms with Crippen LogP contribution in [0.5, 0.6) is 0 Å². The predicted molar refractivity (Wildman–Crippen MR) is 29.8 cm³/mol. The largest absolute Gasteiger partial charge is 0.122 e. The van der Waals surface area contributed by atoms with Crippen LogP contribution in [0.2, 0.25) is 0 Å². The average Bonchev–Trinajstić information content (AvgIpc) is 1.61. The number of alkyl halides is 1. The Morgan fingerprint density at radius 1 is 1.50 bits per heavy atom. The van der Waals surface area contributed by atoms with Crippen LogP contribution < -0.4 is 0 Å². The number of hydrogen-bond acceptors (Lipinski definition) is 0. The Balaban J connectivity index is 2.73. The van der Waals surface area contributed by atoms with Gasteiger partial charge in [-0.2, -0.15) is 0 Å². The molecule has 0 spiro atoms. The third-order valence-electron chi connectivity index (χ3n) is 0.422. The Labute approximate surface area is 43.8 Å². The molecule has 0 N–H and O–H groups in total. The highest BCUT2D eigenvalue weighted by molar-refractivity contribution is 6.18. The fraction of sp³-hybridized carbons (Fsp3) is 0.400. The molecular formula is C5H8Cl. The smallest absolute Gasteiger partial charge is 0.0404 e. The zero-order valence-electron chi connectivity index (χ0n) is 3.65. The third kappa shape index (κ3) is 4.03. The van der Waals surface area contributed by atoms with Crippen molar-refractivity contribution in [3.8, 4) is 0 Å². The van der Waals surface area contributed by atoms with Crippen molar-refractivity contribution in [3.05, 3.63) is 19.1 Å². The highest BCUT2D eigenvalue weighted by atomic mass is 35.5. The molecule has 0 aromatic rings. The van der Waals surface area contributed by atoms with Crippen LogP contribution in [0, 0.1) is 6.92 Å². The predicted octanol–water partition coefficient (Wildman–Crippen LogP) is 2.01. The van der Waals surface area contributed by atoms with Crippen molar-refractivity contribution in [2.75, 3.05) is 5.88 Å². The first kappa shape index (κ1) is 6.03. The van der Waals surface area contributed by atoms with Crippen molar-refractivity contribution >= 4 is 11.6 Å². The molecule has 0 unspecified atom stereocenters. The van der Waals surface area contributed by atoms with E-state index in [0.29, 0.717) is 5.88 Å². The van der Waals surface area contributed by atoms with Gasteiger partial charge in [0.25, 0.3) is 0 Å². The van der Waals surface area contributed by atoms with Gasteiger partial charge < -0.3 is 0 Å². The quantitative estimate of drug-likeness (QED) is 0.371. The van der Waals surface area contributed by atoms with E-state index in [1.807, 2.05) is 12.2 Å². The molecule has 0 heterocycles. The van der Waals surface area contributed by atoms with Crippen LogP contribution in [0.25, 0.3) is 0 Å². The summed E-state index contributed by atoms with van der Waals surface area (Å²) in [7, 11) is 0. The van der Waals surface area contributed by atoms with Gasteiger partial charge in [0.2, 0.25) is 0 Å². The zero-order valence-corrected chi connectivity index (χ0v) is 4.41. The molecule has 6 heavy (non-hydrogen) atoms. The Morgan fingerprint density at radius 2 is 2.17 bits per heavy atom. The second-order valence-electron chi connectivity index (χ2n) is 0.914. The van der Waals surface area contributed by atoms with Gasteiger partial charge in [-0.15, -0.1) is 11.6 Å². The standard InChI is InChI=1S/C5H8Cl/c1-2-3-4-5-6/h3-4H,1-2,5H2. The topological polar surface area (TPSA) is 0 Å². The van der Waals surface area contributed by atoms with Gasteiger partial charge in [-0.05, 0) is 13.3 Å². The van der Waals surface area contributed by atoms with E-state index >= 15 is 0 Å². The van der Waals surface area contributed by atoms with Gasteiger partial charge in [-0.25, -0.2) is 0 Å². The van der Waals surface area contributed by atoms with Crippen molar-refractivity contribution in [3.63, 3.8) is 0 Å². The van der Waals surface area contributed by atoms with Gasteiger partial charge in [0.05, 0.1) is 0 Å². The van der Waals surface area contributed by atoms with E-state index < -0.39 is 0 Å². The molecule has 0 amide bonds. The summed E-state index contributed by atoms with van der Waals surface area (Å²) in [5.74, 6) is 0.607. The Bertz CT molecular complexity index is 33.2. The molecule has 0 aromatic heterocycles. The summed E-state index contributed by atoms with van der Waals surface area (Å²) in [4.78, 5) is 0. The maximum Gasteiger partial charge on any atom is 0.0404 e. The molecule has 0 rings (SSSR count). The highest BCUT2D eigenvalue weighted by Gasteiger charge is 1.61. The van der Waals surface area contributed by atoms with Gasteiger partial charge in [-0.1, -0.05) is 12.2 Å². The number of allylic oxidation sites excluding steroid dienone is 2. The van der Waals surface area contributed by atoms with Crippen LogP contribution in [-0.2, 0) is 0 Å². The molecule has 0 nitrogen and oxygen atoms in total. The average molecular weight is 104 g/mol. The summed E-state index contributed by atoms with van der Waals surface area (Å²) < 4.78 is 0. The maximum atomic E-state index is 5.27. The van der Waals surface area contributed by atoms with E-state index in [1.165, 1.54) is 0 Å². The number of rotatable bonds is 2. The lowest BCUT2D eigenvalue weighted by Gasteiger charge is -1.70. The van der Waals surface area contributed by atoms with Crippen molar-refractivity contribution in [2.45, 2.75) is 6.42 Å². The molecule has 0 aromatic carbocycles. The molecule has 0 saturated heterocycles. The minimum Gasteiger partial charge on any atom is -0.122 e. The lowest BCUT2D eigenvalue weighted by molar-refractivity contribution is 1.39. The molecule has 1 radical (unpaired) electrons. The van der Waals surface area contributed by atoms with Gasteiger partial charge in [0.15, 0.2) is 0 Å². The van der Waals surface area contributed by atoms with Crippen LogP contribution in [0.4, 0.5) is 0 Å². The Kier molecular flexibility index (Phi) is 5.06. The van der Waals surface area contributed by atoms with E-state index in [4.69, 9.17) is 11.6 Å². The zero-order chi connectivity index (χ0) is 4.83. The lowest BCUT2D eigenvalue weighted by Crippen LogP contribution is -1.56. The normalized spacial score (nSPS) is 10.3. The highest BCUT2D eigenvalue weighted by Crippen LogP contribution is 1.80. The van der Waals surface area contributed by atoms with Gasteiger partial charge >= 0.3 is 0 Å². The fourth-order valence-corrected chi connectivity index (χ4v) is 0.307. The fourth-order valence-electron chi connectivity index (χ4n) is 0.181. The van der Waals surface area contributed by atoms with Crippen LogP contribution in [-0.4, -0.2) is 5.88 Å². The summed E-state index contributed by atoms with van der Waals surface area (Å²) in [6, 6.07) is 0. The molecule has 0 fully saturated rings. The molecule has 0 bridgehead atoms. The van der Waals surface area contributed by atoms with Gasteiger partial charge in [0, 0.05) is 5.88 Å². The van der Waals surface area contributed by atoms with Crippen LogP contribution in [0.15, 0.2) is 12.2 Å². The Morgan fingerprint density at radius 3 is 2.33 bits per heavy atom. The molecule has 0 saturated carbocycles. The van der Waals surface area contributed by atoms with Gasteiger partial charge in [0.1, 0.15) is 0 Å². The van der Waals surface area contributed by atoms with E-state index in [-0.39, 0.29) is 0 Å². The van der Waals surface area contributed by atoms with Crippen LogP contribution in [0.1, 0.15) is 6.42 Å². The van der Waals surface area contributed by atoms with E-state index in [0.717, 1.165) is 6.42 Å². The third-order valence-corrected chi connectivity index (χ3v) is 0.601. The minimum absolute atomic E-state index is 0.607. The second-order valence-corrected chi connectivity index (χ2v) is 1.22. The SMILES string of the molecule is [CH2]CC=CCCl. The van der Waals surface area contributed by atoms with E-state index in [2.05, 4.69) is 6.92 Å². The van der Waals surface area contributed by atoms with E-state index in [1.54, 1.807) is 0 Å². The van der Waals surface area contributed by atoms with Crippen molar-refractivity contribution < 1.29 is 0 Å². The van der Waals surface area contributed by atoms with Crippen molar-refractivity contribution in [1.82, 2.24) is 0 Å². The van der Waals surface area contributed by atoms with Crippen LogP contribution >= 0.6 is 11.6 Å². The van der Waals surface area contributed by atoms with Crippen LogP contribution in [0.3, 0.4) is 0 Å². The van der Waals surface area contributed by atoms with Gasteiger partial charge in [-0.3, -0.25) is 0 Å². The van der Waals surface area contributed by atoms with Crippen molar-refractivity contribution in [2.24, 2.45) is 0 Å². The van der Waals surface area contributed by atoms with E-state index in [9.17, 15) is 0 Å². The molecule has 0 atom stereocenters. The first-order valence-electron chi connectivity index (χ1n) is 1.92. The number of halogens is 1. The Hall–Kier alpha value is 0.0300. The first-order chi connectivity index (χ1) is 2.91. The monoisotopic (exact) mass is 103 g/mol. The summed E-state index contributed by atoms with van der Waals surface area (Å²) in [5.41, 5.74) is 0. The molecule has 0 aliphatic heterocycles. The van der Waals surface area contributed by atoms with Crippen molar-refractivity contribution in [1.29, 1.82) is 0 Å². The molecule has 0 aliphatic rings. The summed E-state index contributed by atoms with van der Waals surface area (Å²) in [6.07, 6.45) is 4.66. The summed E-state index contributed by atoms with van der Waals surface area (Å²) >= 11 is 5.27. The minimum atomic E-state index is 0.607. The molecule has 0 aliphatic carbocycles. The molecule has 1 heteroatoms.